The van der Waals surface area contributed by atoms with Crippen molar-refractivity contribution in [3.05, 3.63) is 52.0 Å². The molecule has 0 fully saturated rings. The number of halogens is 2. The number of fused-ring (bicyclic) bond motifs is 1. The summed E-state index contributed by atoms with van der Waals surface area (Å²) in [6.45, 7) is 0.191. The number of hydrogen-bond acceptors (Lipinski definition) is 8. The molecule has 2 aromatic carbocycles. The minimum absolute atomic E-state index is 0.0307. The van der Waals surface area contributed by atoms with Gasteiger partial charge in [0, 0.05) is 19.6 Å². The van der Waals surface area contributed by atoms with Gasteiger partial charge in [-0.2, -0.15) is 0 Å². The van der Waals surface area contributed by atoms with Crippen LogP contribution in [0.15, 0.2) is 36.4 Å². The number of aromatic hydroxyl groups is 1. The molecule has 0 aromatic heterocycles. The lowest BCUT2D eigenvalue weighted by Crippen LogP contribution is -2.61. The minimum atomic E-state index is -1.61. The Morgan fingerprint density at radius 3 is 2.30 bits per heavy atom. The first-order valence-corrected chi connectivity index (χ1v) is 12.3. The lowest BCUT2D eigenvalue weighted by atomic mass is 10.1. The Balaban J connectivity index is 2.18. The van der Waals surface area contributed by atoms with E-state index in [1.807, 2.05) is 0 Å². The number of hydrogen-bond donors (Lipinski definition) is 3. The number of ether oxygens (including phenoxy) is 1. The fourth-order valence-electron chi connectivity index (χ4n) is 4.10. The van der Waals surface area contributed by atoms with E-state index in [4.69, 9.17) is 27.9 Å². The molecule has 1 heterocycles. The molecule has 0 saturated heterocycles. The number of hydrazine groups is 1. The third-order valence-corrected chi connectivity index (χ3v) is 6.40. The molecule has 1 aliphatic rings. The number of methoxy groups -OCH3 is 1. The predicted octanol–water partition coefficient (Wildman–Crippen LogP) is 1.63. The summed E-state index contributed by atoms with van der Waals surface area (Å²) in [7, 11) is 1.29. The second-order valence-corrected chi connectivity index (χ2v) is 9.37. The summed E-state index contributed by atoms with van der Waals surface area (Å²) in [5, 5.41) is 22.6. The molecule has 0 aliphatic carbocycles. The minimum Gasteiger partial charge on any atom is -0.505 e. The standard InChI is InChI=1S/C25H24Cl2N4O9/c1-13(33)30(15(11-32)9-22(35)36)31-20-6-4-3-5-19(20)29(21(34)12-40-2)10-18(25(31)39)28-24(38)14-7-16(26)23(37)17(27)8-14/h3-8,11,15,18,37H,9-10,12H2,1-2H3,(H,28,38)(H,35,36)/t15-,18-/m0/s1. The third kappa shape index (κ3) is 6.33. The van der Waals surface area contributed by atoms with Gasteiger partial charge in [-0.05, 0) is 24.3 Å². The summed E-state index contributed by atoms with van der Waals surface area (Å²) < 4.78 is 4.97. The Bertz CT molecular complexity index is 1350. The summed E-state index contributed by atoms with van der Waals surface area (Å²) in [4.78, 5) is 77.7. The smallest absolute Gasteiger partial charge is 0.305 e. The molecule has 0 spiro atoms. The molecular weight excluding hydrogens is 571 g/mol. The van der Waals surface area contributed by atoms with Crippen LogP contribution in [-0.4, -0.2) is 83.5 Å². The highest BCUT2D eigenvalue weighted by molar-refractivity contribution is 6.37. The Morgan fingerprint density at radius 1 is 1.18 bits per heavy atom. The number of phenols is 1. The van der Waals surface area contributed by atoms with Gasteiger partial charge >= 0.3 is 5.97 Å². The first kappa shape index (κ1) is 30.3. The number of benzene rings is 2. The largest absolute Gasteiger partial charge is 0.505 e. The van der Waals surface area contributed by atoms with Crippen LogP contribution in [0, 0.1) is 0 Å². The summed E-state index contributed by atoms with van der Waals surface area (Å²) >= 11 is 11.9. The fourth-order valence-corrected chi connectivity index (χ4v) is 4.58. The number of aliphatic carboxylic acids is 1. The Kier molecular flexibility index (Phi) is 9.69. The molecule has 15 heteroatoms. The highest BCUT2D eigenvalue weighted by atomic mass is 35.5. The van der Waals surface area contributed by atoms with Crippen molar-refractivity contribution in [2.24, 2.45) is 0 Å². The maximum absolute atomic E-state index is 14.0. The van der Waals surface area contributed by atoms with Crippen LogP contribution in [0.25, 0.3) is 0 Å². The van der Waals surface area contributed by atoms with Crippen LogP contribution in [0.2, 0.25) is 10.0 Å². The maximum atomic E-state index is 14.0. The number of nitrogens with zero attached hydrogens (tertiary/aromatic N) is 3. The number of carboxylic acids is 1. The lowest BCUT2D eigenvalue weighted by molar-refractivity contribution is -0.145. The van der Waals surface area contributed by atoms with Crippen LogP contribution in [-0.2, 0) is 28.7 Å². The van der Waals surface area contributed by atoms with Gasteiger partial charge in [0.1, 0.15) is 25.0 Å². The summed E-state index contributed by atoms with van der Waals surface area (Å²) in [5.41, 5.74) is -0.0443. The Labute approximate surface area is 237 Å². The first-order chi connectivity index (χ1) is 18.9. The van der Waals surface area contributed by atoms with Crippen molar-refractivity contribution >= 4 is 70.5 Å². The van der Waals surface area contributed by atoms with Crippen molar-refractivity contribution < 1.29 is 43.7 Å². The number of carboxylic acid groups (broad SMARTS) is 1. The number of anilines is 2. The normalized spacial score (nSPS) is 15.5. The molecule has 3 rings (SSSR count). The molecule has 40 heavy (non-hydrogen) atoms. The summed E-state index contributed by atoms with van der Waals surface area (Å²) in [6.07, 6.45) is -0.624. The molecular formula is C25H24Cl2N4O9. The second kappa shape index (κ2) is 12.8. The average molecular weight is 595 g/mol. The van der Waals surface area contributed by atoms with E-state index in [9.17, 15) is 39.0 Å². The van der Waals surface area contributed by atoms with Crippen molar-refractivity contribution in [1.29, 1.82) is 0 Å². The molecule has 3 N–H and O–H groups in total. The van der Waals surface area contributed by atoms with Crippen LogP contribution < -0.4 is 15.2 Å². The van der Waals surface area contributed by atoms with E-state index in [0.717, 1.165) is 29.0 Å². The quantitative estimate of drug-likeness (QED) is 0.364. The summed E-state index contributed by atoms with van der Waals surface area (Å²) in [5.74, 6) is -5.18. The van der Waals surface area contributed by atoms with Crippen molar-refractivity contribution in [3.8, 4) is 5.75 Å². The van der Waals surface area contributed by atoms with Crippen LogP contribution in [0.5, 0.6) is 5.75 Å². The average Bonchev–Trinajstić information content (AvgIpc) is 3.01. The maximum Gasteiger partial charge on any atom is 0.305 e. The van der Waals surface area contributed by atoms with Crippen LogP contribution in [0.3, 0.4) is 0 Å². The van der Waals surface area contributed by atoms with Crippen LogP contribution in [0.1, 0.15) is 23.7 Å². The van der Waals surface area contributed by atoms with E-state index in [-0.39, 0.29) is 33.3 Å². The van der Waals surface area contributed by atoms with Crippen molar-refractivity contribution in [2.75, 3.05) is 30.2 Å². The van der Waals surface area contributed by atoms with Gasteiger partial charge in [-0.1, -0.05) is 35.3 Å². The van der Waals surface area contributed by atoms with Gasteiger partial charge in [0.15, 0.2) is 5.75 Å². The molecule has 2 atom stereocenters. The highest BCUT2D eigenvalue weighted by Crippen LogP contribution is 2.36. The number of amides is 4. The zero-order chi connectivity index (χ0) is 29.7. The molecule has 2 aromatic rings. The Morgan fingerprint density at radius 2 is 1.77 bits per heavy atom. The number of carbonyl (C=O) groups excluding carboxylic acids is 5. The van der Waals surface area contributed by atoms with E-state index >= 15 is 0 Å². The fraction of sp³-hybridized carbons (Fsp3) is 0.280. The zero-order valence-electron chi connectivity index (χ0n) is 21.2. The van der Waals surface area contributed by atoms with E-state index in [1.165, 1.54) is 25.3 Å². The van der Waals surface area contributed by atoms with Gasteiger partial charge in [0.05, 0.1) is 34.4 Å². The predicted molar refractivity (Wildman–Crippen MR) is 142 cm³/mol. The number of rotatable bonds is 9. The SMILES string of the molecule is COCC(=O)N1C[C@H](NC(=O)c2cc(Cl)c(O)c(Cl)c2)C(=O)N(N(C(C)=O)[C@H](C=O)CC(=O)O)c2ccccc21. The second-order valence-electron chi connectivity index (χ2n) is 8.56. The molecule has 13 nitrogen and oxygen atoms in total. The third-order valence-electron chi connectivity index (χ3n) is 5.82. The number of para-hydroxylation sites is 2. The lowest BCUT2D eigenvalue weighted by Gasteiger charge is -2.38. The topological polar surface area (TPSA) is 174 Å². The summed E-state index contributed by atoms with van der Waals surface area (Å²) in [6, 6.07) is 4.99. The van der Waals surface area contributed by atoms with Crippen LogP contribution >= 0.6 is 23.2 Å². The monoisotopic (exact) mass is 594 g/mol. The molecule has 0 saturated carbocycles. The van der Waals surface area contributed by atoms with Crippen LogP contribution in [0.4, 0.5) is 11.4 Å². The van der Waals surface area contributed by atoms with Gasteiger partial charge in [0.2, 0.25) is 5.91 Å². The Hall–Kier alpha value is -4.20. The van der Waals surface area contributed by atoms with Crippen molar-refractivity contribution in [2.45, 2.75) is 25.4 Å². The zero-order valence-corrected chi connectivity index (χ0v) is 22.7. The van der Waals surface area contributed by atoms with Gasteiger partial charge in [0.25, 0.3) is 17.7 Å². The van der Waals surface area contributed by atoms with E-state index in [0.29, 0.717) is 5.01 Å². The van der Waals surface area contributed by atoms with E-state index < -0.39 is 67.0 Å². The van der Waals surface area contributed by atoms with Gasteiger partial charge < -0.3 is 30.0 Å². The highest BCUT2D eigenvalue weighted by Gasteiger charge is 2.42. The number of carbonyl (C=O) groups is 6. The first-order valence-electron chi connectivity index (χ1n) is 11.6. The molecule has 4 amide bonds. The van der Waals surface area contributed by atoms with Crippen molar-refractivity contribution in [1.82, 2.24) is 10.3 Å². The number of phenolic OH excluding ortho intramolecular Hbond substituents is 1. The molecule has 1 aliphatic heterocycles. The number of aldehydes is 1. The molecule has 0 bridgehead atoms. The van der Waals surface area contributed by atoms with Gasteiger partial charge in [-0.15, -0.1) is 0 Å². The molecule has 0 radical (unpaired) electrons. The molecule has 0 unspecified atom stereocenters. The van der Waals surface area contributed by atoms with Gasteiger partial charge in [-0.25, -0.2) is 10.0 Å². The van der Waals surface area contributed by atoms with Gasteiger partial charge in [-0.3, -0.25) is 24.0 Å². The molecule has 212 valence electrons. The van der Waals surface area contributed by atoms with E-state index in [2.05, 4.69) is 5.32 Å². The van der Waals surface area contributed by atoms with E-state index in [1.54, 1.807) is 6.07 Å². The number of nitrogens with one attached hydrogen (secondary N) is 1. The van der Waals surface area contributed by atoms with Crippen molar-refractivity contribution in [3.63, 3.8) is 0 Å².